The number of hydrogen-bond donors (Lipinski definition) is 2. The van der Waals surface area contributed by atoms with Crippen molar-refractivity contribution in [2.24, 2.45) is 0 Å². The van der Waals surface area contributed by atoms with Gasteiger partial charge in [0.2, 0.25) is 5.91 Å². The van der Waals surface area contributed by atoms with Gasteiger partial charge >= 0.3 is 5.97 Å². The van der Waals surface area contributed by atoms with E-state index in [-0.39, 0.29) is 82.3 Å². The van der Waals surface area contributed by atoms with Crippen molar-refractivity contribution >= 4 is 29.5 Å². The van der Waals surface area contributed by atoms with E-state index in [1.165, 1.54) is 4.90 Å². The van der Waals surface area contributed by atoms with E-state index in [9.17, 15) is 24.0 Å². The number of methoxy groups -OCH3 is 1. The minimum atomic E-state index is -1.10. The number of carbonyl (C=O) groups is 5. The van der Waals surface area contributed by atoms with Crippen LogP contribution in [-0.4, -0.2) is 429 Å². The molecule has 0 unspecified atom stereocenters. The number of hydrogen-bond acceptors (Lipinski definition) is 34. The molecule has 0 saturated heterocycles. The molecule has 1 heterocycles. The van der Waals surface area contributed by atoms with E-state index in [0.717, 1.165) is 5.56 Å². The molecule has 3 rings (SSSR count). The number of carboxylic acids is 1. The Kier molecular flexibility index (Phi) is 75.4. The van der Waals surface area contributed by atoms with Crippen molar-refractivity contribution in [3.8, 4) is 5.75 Å². The monoisotopic (exact) mass is 1680 g/mol. The summed E-state index contributed by atoms with van der Waals surface area (Å²) in [4.78, 5) is 63.5. The molecule has 1 aliphatic heterocycles. The number of aliphatic carboxylic acids is 1. The molecule has 3 amide bonds. The summed E-state index contributed by atoms with van der Waals surface area (Å²) in [6.07, 6.45) is 0.825. The number of rotatable bonds is 95. The van der Waals surface area contributed by atoms with Crippen LogP contribution >= 0.6 is 0 Å². The molecule has 2 aromatic rings. The number of imide groups is 1. The van der Waals surface area contributed by atoms with Crippen molar-refractivity contribution in [1.29, 1.82) is 0 Å². The SMILES string of the molecule is COCCOCCOCCOCCOCCOCCOCCOCCOCCOCCOCCOCCOCCOCCOCCOCCOCCOCCOCCOCCOCCOCCOCCOCCCC(=O)[C@H](Cc1ccc(OCC(=O)O)cc1)NC(=O)CCOCCOCCOCCOCCN1C(=O)c2ccccc2C1=O. The van der Waals surface area contributed by atoms with Crippen molar-refractivity contribution < 1.29 is 166 Å². The molecule has 1 atom stereocenters. The van der Waals surface area contributed by atoms with Crippen molar-refractivity contribution in [2.75, 3.05) is 384 Å². The van der Waals surface area contributed by atoms with Gasteiger partial charge in [-0.3, -0.25) is 24.1 Å². The Morgan fingerprint density at radius 1 is 0.308 bits per heavy atom. The Bertz CT molecular complexity index is 2540. The van der Waals surface area contributed by atoms with Gasteiger partial charge in [-0.25, -0.2) is 4.79 Å². The summed E-state index contributed by atoms with van der Waals surface area (Å²) in [7, 11) is 1.64. The highest BCUT2D eigenvalue weighted by Gasteiger charge is 2.34. The maximum absolute atomic E-state index is 13.4. The van der Waals surface area contributed by atoms with Crippen LogP contribution in [0.5, 0.6) is 5.75 Å². The van der Waals surface area contributed by atoms with Crippen molar-refractivity contribution in [2.45, 2.75) is 31.7 Å². The summed E-state index contributed by atoms with van der Waals surface area (Å²) in [5.74, 6) is -1.91. The molecule has 0 radical (unpaired) electrons. The molecule has 2 aromatic carbocycles. The van der Waals surface area contributed by atoms with Gasteiger partial charge in [-0.05, 0) is 42.7 Å². The molecule has 2 N–H and O–H groups in total. The quantitative estimate of drug-likeness (QED) is 0.0708. The highest BCUT2D eigenvalue weighted by Crippen LogP contribution is 2.22. The van der Waals surface area contributed by atoms with Gasteiger partial charge in [0.15, 0.2) is 12.4 Å². The summed E-state index contributed by atoms with van der Waals surface area (Å²) < 4.78 is 159. The second kappa shape index (κ2) is 83.1. The Balaban J connectivity index is 0.944. The molecule has 0 aliphatic carbocycles. The summed E-state index contributed by atoms with van der Waals surface area (Å²) in [6.45, 7) is 23.5. The minimum Gasteiger partial charge on any atom is -0.482 e. The molecule has 0 saturated carbocycles. The van der Waals surface area contributed by atoms with E-state index in [0.29, 0.717) is 354 Å². The van der Waals surface area contributed by atoms with Gasteiger partial charge in [-0.1, -0.05) is 24.3 Å². The van der Waals surface area contributed by atoms with Crippen molar-refractivity contribution in [1.82, 2.24) is 10.2 Å². The number of fused-ring (bicyclic) bond motifs is 1. The number of nitrogens with one attached hydrogen (secondary N) is 1. The van der Waals surface area contributed by atoms with E-state index in [2.05, 4.69) is 5.32 Å². The third-order valence-electron chi connectivity index (χ3n) is 15.7. The smallest absolute Gasteiger partial charge is 0.341 e. The van der Waals surface area contributed by atoms with E-state index >= 15 is 0 Å². The van der Waals surface area contributed by atoms with Gasteiger partial charge in [0.1, 0.15) is 5.75 Å². The van der Waals surface area contributed by atoms with Crippen LogP contribution < -0.4 is 10.1 Å². The first-order chi connectivity index (χ1) is 57.8. The molecule has 117 heavy (non-hydrogen) atoms. The van der Waals surface area contributed by atoms with Crippen LogP contribution in [0.4, 0.5) is 0 Å². The number of nitrogens with zero attached hydrogens (tertiary/aromatic N) is 1. The Hall–Kier alpha value is -5.13. The second-order valence-electron chi connectivity index (χ2n) is 24.8. The summed E-state index contributed by atoms with van der Waals surface area (Å²) in [5.41, 5.74) is 1.55. The van der Waals surface area contributed by atoms with Gasteiger partial charge < -0.3 is 148 Å². The molecule has 0 aromatic heterocycles. The van der Waals surface area contributed by atoms with E-state index in [4.69, 9.17) is 142 Å². The normalized spacial score (nSPS) is 12.4. The lowest BCUT2D eigenvalue weighted by Gasteiger charge is -2.18. The van der Waals surface area contributed by atoms with E-state index in [1.54, 1.807) is 55.6 Å². The number of ether oxygens (including phenoxy) is 29. The first-order valence-electron chi connectivity index (χ1n) is 40.6. The zero-order valence-electron chi connectivity index (χ0n) is 69.1. The molecule has 0 spiro atoms. The third-order valence-corrected chi connectivity index (χ3v) is 15.7. The molecular formula is C80H136N2O35. The number of amides is 3. The topological polar surface area (TPSA) is 389 Å². The van der Waals surface area contributed by atoms with E-state index < -0.39 is 18.6 Å². The van der Waals surface area contributed by atoms with Gasteiger partial charge in [-0.2, -0.15) is 0 Å². The Morgan fingerprint density at radius 2 is 0.547 bits per heavy atom. The highest BCUT2D eigenvalue weighted by molar-refractivity contribution is 6.21. The molecule has 37 heteroatoms. The van der Waals surface area contributed by atoms with Crippen molar-refractivity contribution in [3.63, 3.8) is 0 Å². The Labute approximate surface area is 690 Å². The standard InChI is InChI=1S/C80H136N2O35/c1-89-17-18-93-25-26-97-31-32-99-35-36-101-39-40-103-43-44-105-47-48-107-51-52-109-55-56-111-59-60-113-63-64-115-67-68-116-66-65-114-62-61-112-58-57-110-54-53-108-50-49-106-46-45-104-42-41-102-38-37-100-34-33-98-30-27-94-22-19-90-14-4-7-76(83)75(69-71-8-10-72(11-9-71)117-70-78(85)86)81-77(84)12-15-91-20-23-95-28-29-96-24-21-92-16-13-82-79(87)73-5-2-3-6-74(73)80(82)88/h2-3,5-6,8-11,75H,4,7,12-70H2,1H3,(H,81,84)(H,85,86)/t75-/m0/s1. The third kappa shape index (κ3) is 67.2. The number of benzene rings is 2. The molecule has 0 fully saturated rings. The van der Waals surface area contributed by atoms with Gasteiger partial charge in [-0.15, -0.1) is 0 Å². The predicted molar refractivity (Wildman–Crippen MR) is 420 cm³/mol. The summed E-state index contributed by atoms with van der Waals surface area (Å²) >= 11 is 0. The van der Waals surface area contributed by atoms with Gasteiger partial charge in [0.25, 0.3) is 11.8 Å². The maximum atomic E-state index is 13.4. The van der Waals surface area contributed by atoms with Gasteiger partial charge in [0, 0.05) is 26.6 Å². The summed E-state index contributed by atoms with van der Waals surface area (Å²) in [5, 5.41) is 11.8. The minimum absolute atomic E-state index is 0.0196. The zero-order valence-corrected chi connectivity index (χ0v) is 69.1. The lowest BCUT2D eigenvalue weighted by Crippen LogP contribution is -2.42. The zero-order chi connectivity index (χ0) is 83.4. The largest absolute Gasteiger partial charge is 0.482 e. The first kappa shape index (κ1) is 106. The number of carboxylic acid groups (broad SMARTS) is 1. The lowest BCUT2D eigenvalue weighted by molar-refractivity contribution is -0.139. The molecule has 0 bridgehead atoms. The van der Waals surface area contributed by atoms with Crippen LogP contribution in [0.1, 0.15) is 45.5 Å². The van der Waals surface area contributed by atoms with Crippen LogP contribution in [0, 0.1) is 0 Å². The maximum Gasteiger partial charge on any atom is 0.341 e. The summed E-state index contributed by atoms with van der Waals surface area (Å²) in [6, 6.07) is 12.6. The fourth-order valence-electron chi connectivity index (χ4n) is 9.74. The van der Waals surface area contributed by atoms with Crippen LogP contribution in [-0.2, 0) is 153 Å². The Morgan fingerprint density at radius 3 is 0.803 bits per heavy atom. The average molecular weight is 1690 g/mol. The first-order valence-corrected chi connectivity index (χ1v) is 40.6. The van der Waals surface area contributed by atoms with Crippen molar-refractivity contribution in [3.05, 3.63) is 65.2 Å². The van der Waals surface area contributed by atoms with Gasteiger partial charge in [0.05, 0.1) is 380 Å². The molecule has 37 nitrogen and oxygen atoms in total. The van der Waals surface area contributed by atoms with Crippen LogP contribution in [0.25, 0.3) is 0 Å². The average Bonchev–Trinajstić information content (AvgIpc) is 1.64. The van der Waals surface area contributed by atoms with Crippen LogP contribution in [0.15, 0.2) is 48.5 Å². The van der Waals surface area contributed by atoms with Crippen LogP contribution in [0.3, 0.4) is 0 Å². The number of ketones is 1. The van der Waals surface area contributed by atoms with Crippen LogP contribution in [0.2, 0.25) is 0 Å². The second-order valence-corrected chi connectivity index (χ2v) is 24.8. The fourth-order valence-corrected chi connectivity index (χ4v) is 9.74. The molecule has 1 aliphatic rings. The molecular weight excluding hydrogens is 1550 g/mol. The van der Waals surface area contributed by atoms with E-state index in [1.807, 2.05) is 0 Å². The lowest BCUT2D eigenvalue weighted by atomic mass is 9.99. The highest BCUT2D eigenvalue weighted by atomic mass is 16.6. The number of Topliss-reactive ketones (excluding diaryl/α,β-unsaturated/α-hetero) is 1. The molecule has 676 valence electrons. The fraction of sp³-hybridized carbons (Fsp3) is 0.787. The predicted octanol–water partition coefficient (Wildman–Crippen LogP) is 2.31. The number of carbonyl (C=O) groups excluding carboxylic acids is 4.